The second-order valence-electron chi connectivity index (χ2n) is 6.97. The minimum Gasteiger partial charge on any atom is -0.357 e. The molecule has 1 amide bonds. The van der Waals surface area contributed by atoms with E-state index in [1.807, 2.05) is 4.90 Å². The van der Waals surface area contributed by atoms with Crippen molar-refractivity contribution >= 4 is 11.9 Å². The molecular weight excluding hydrogens is 326 g/mol. The smallest absolute Gasteiger partial charge is 0.222 e. The Hall–Kier alpha value is -2.08. The zero-order valence-electron chi connectivity index (χ0n) is 16.4. The largest absolute Gasteiger partial charge is 0.357 e. The molecule has 6 nitrogen and oxygen atoms in total. The quantitative estimate of drug-likeness (QED) is 0.401. The Labute approximate surface area is 157 Å². The van der Waals surface area contributed by atoms with Crippen LogP contribution in [0.2, 0.25) is 0 Å². The lowest BCUT2D eigenvalue weighted by atomic mass is 10.1. The molecule has 1 aliphatic heterocycles. The fourth-order valence-corrected chi connectivity index (χ4v) is 3.13. The maximum absolute atomic E-state index is 11.6. The number of carbonyl (C=O) groups is 1. The van der Waals surface area contributed by atoms with E-state index in [0.29, 0.717) is 18.9 Å². The predicted molar refractivity (Wildman–Crippen MR) is 107 cm³/mol. The first-order valence-corrected chi connectivity index (χ1v) is 9.61. The number of hydrogen-bond acceptors (Lipinski definition) is 3. The fourth-order valence-electron chi connectivity index (χ4n) is 3.13. The van der Waals surface area contributed by atoms with Crippen LogP contribution < -0.4 is 10.6 Å². The molecule has 1 aromatic rings. The van der Waals surface area contributed by atoms with Gasteiger partial charge in [0.15, 0.2) is 5.96 Å². The van der Waals surface area contributed by atoms with Gasteiger partial charge < -0.3 is 20.4 Å². The van der Waals surface area contributed by atoms with Crippen molar-refractivity contribution in [2.45, 2.75) is 39.3 Å². The normalized spacial score (nSPS) is 15.0. The standard InChI is InChI=1S/C20H33N5O/c1-4-21-20(22-12-8-14-25-13-7-11-19(25)26)23-15-17-9-5-6-10-18(17)16-24(2)3/h5-6,9-10H,4,7-8,11-16H2,1-3H3,(H2,21,22,23). The van der Waals surface area contributed by atoms with E-state index >= 15 is 0 Å². The average molecular weight is 360 g/mol. The minimum atomic E-state index is 0.295. The first-order chi connectivity index (χ1) is 12.6. The zero-order chi connectivity index (χ0) is 18.8. The molecule has 0 unspecified atom stereocenters. The molecular formula is C20H33N5O. The van der Waals surface area contributed by atoms with Crippen LogP contribution in [0.15, 0.2) is 29.3 Å². The van der Waals surface area contributed by atoms with Gasteiger partial charge in [0, 0.05) is 39.1 Å². The third-order valence-corrected chi connectivity index (χ3v) is 4.43. The number of nitrogens with zero attached hydrogens (tertiary/aromatic N) is 3. The van der Waals surface area contributed by atoms with Crippen molar-refractivity contribution in [2.75, 3.05) is 40.3 Å². The van der Waals surface area contributed by atoms with E-state index in [0.717, 1.165) is 51.5 Å². The van der Waals surface area contributed by atoms with Gasteiger partial charge >= 0.3 is 0 Å². The highest BCUT2D eigenvalue weighted by Crippen LogP contribution is 2.12. The van der Waals surface area contributed by atoms with E-state index in [2.05, 4.69) is 60.8 Å². The Kier molecular flexibility index (Phi) is 8.41. The molecule has 0 aromatic heterocycles. The van der Waals surface area contributed by atoms with Gasteiger partial charge in [-0.25, -0.2) is 4.99 Å². The molecule has 0 atom stereocenters. The highest BCUT2D eigenvalue weighted by atomic mass is 16.2. The van der Waals surface area contributed by atoms with Crippen LogP contribution in [0.1, 0.15) is 37.3 Å². The molecule has 1 saturated heterocycles. The number of benzene rings is 1. The van der Waals surface area contributed by atoms with Gasteiger partial charge in [-0.15, -0.1) is 0 Å². The molecule has 0 saturated carbocycles. The predicted octanol–water partition coefficient (Wildman–Crippen LogP) is 1.82. The Balaban J connectivity index is 1.85. The van der Waals surface area contributed by atoms with Crippen LogP contribution in [0, 0.1) is 0 Å². The zero-order valence-corrected chi connectivity index (χ0v) is 16.4. The van der Waals surface area contributed by atoms with Gasteiger partial charge in [0.1, 0.15) is 0 Å². The summed E-state index contributed by atoms with van der Waals surface area (Å²) in [5.74, 6) is 1.13. The molecule has 6 heteroatoms. The van der Waals surface area contributed by atoms with Crippen LogP contribution in [0.3, 0.4) is 0 Å². The molecule has 1 aromatic carbocycles. The van der Waals surface area contributed by atoms with E-state index in [-0.39, 0.29) is 0 Å². The number of nitrogens with one attached hydrogen (secondary N) is 2. The Morgan fingerprint density at radius 3 is 2.65 bits per heavy atom. The number of guanidine groups is 1. The summed E-state index contributed by atoms with van der Waals surface area (Å²) < 4.78 is 0. The van der Waals surface area contributed by atoms with Crippen LogP contribution in [0.5, 0.6) is 0 Å². The maximum Gasteiger partial charge on any atom is 0.222 e. The molecule has 2 N–H and O–H groups in total. The van der Waals surface area contributed by atoms with Crippen molar-refractivity contribution in [3.05, 3.63) is 35.4 Å². The van der Waals surface area contributed by atoms with Crippen molar-refractivity contribution in [3.8, 4) is 0 Å². The van der Waals surface area contributed by atoms with Gasteiger partial charge in [0.2, 0.25) is 5.91 Å². The summed E-state index contributed by atoms with van der Waals surface area (Å²) in [4.78, 5) is 20.5. The maximum atomic E-state index is 11.6. The van der Waals surface area contributed by atoms with Crippen LogP contribution in [-0.4, -0.2) is 61.9 Å². The number of rotatable bonds is 9. The third-order valence-electron chi connectivity index (χ3n) is 4.43. The van der Waals surface area contributed by atoms with Gasteiger partial charge in [-0.1, -0.05) is 24.3 Å². The second kappa shape index (κ2) is 10.8. The first kappa shape index (κ1) is 20.2. The SMILES string of the molecule is CCNC(=NCc1ccccc1CN(C)C)NCCCN1CCCC1=O. The van der Waals surface area contributed by atoms with Gasteiger partial charge in [-0.3, -0.25) is 4.79 Å². The van der Waals surface area contributed by atoms with Crippen LogP contribution >= 0.6 is 0 Å². The van der Waals surface area contributed by atoms with Gasteiger partial charge in [0.25, 0.3) is 0 Å². The minimum absolute atomic E-state index is 0.295. The number of hydrogen-bond donors (Lipinski definition) is 2. The second-order valence-corrected chi connectivity index (χ2v) is 6.97. The lowest BCUT2D eigenvalue weighted by molar-refractivity contribution is -0.127. The number of aliphatic imine (C=N–C) groups is 1. The lowest BCUT2D eigenvalue weighted by Gasteiger charge is -2.17. The van der Waals surface area contributed by atoms with Crippen molar-refractivity contribution < 1.29 is 4.79 Å². The molecule has 1 fully saturated rings. The first-order valence-electron chi connectivity index (χ1n) is 9.61. The van der Waals surface area contributed by atoms with Crippen molar-refractivity contribution in [1.82, 2.24) is 20.4 Å². The summed E-state index contributed by atoms with van der Waals surface area (Å²) in [6.45, 7) is 7.03. The summed E-state index contributed by atoms with van der Waals surface area (Å²) in [5.41, 5.74) is 2.56. The van der Waals surface area contributed by atoms with Gasteiger partial charge in [-0.05, 0) is 45.0 Å². The molecule has 144 valence electrons. The lowest BCUT2D eigenvalue weighted by Crippen LogP contribution is -2.39. The Bertz CT molecular complexity index is 600. The van der Waals surface area contributed by atoms with Crippen molar-refractivity contribution in [3.63, 3.8) is 0 Å². The Morgan fingerprint density at radius 1 is 1.23 bits per heavy atom. The summed E-state index contributed by atoms with van der Waals surface area (Å²) >= 11 is 0. The average Bonchev–Trinajstić information content (AvgIpc) is 3.02. The molecule has 1 heterocycles. The molecule has 0 radical (unpaired) electrons. The summed E-state index contributed by atoms with van der Waals surface area (Å²) in [6.07, 6.45) is 2.65. The monoisotopic (exact) mass is 359 g/mol. The third kappa shape index (κ3) is 6.67. The Morgan fingerprint density at radius 2 is 2.00 bits per heavy atom. The molecule has 1 aliphatic rings. The molecule has 2 rings (SSSR count). The topological polar surface area (TPSA) is 60.0 Å². The highest BCUT2D eigenvalue weighted by molar-refractivity contribution is 5.79. The van der Waals surface area contributed by atoms with E-state index in [4.69, 9.17) is 4.99 Å². The van der Waals surface area contributed by atoms with Crippen LogP contribution in [-0.2, 0) is 17.9 Å². The molecule has 26 heavy (non-hydrogen) atoms. The van der Waals surface area contributed by atoms with Gasteiger partial charge in [-0.2, -0.15) is 0 Å². The molecule has 0 bridgehead atoms. The van der Waals surface area contributed by atoms with E-state index in [1.54, 1.807) is 0 Å². The number of amides is 1. The molecule has 0 aliphatic carbocycles. The van der Waals surface area contributed by atoms with Crippen LogP contribution in [0.25, 0.3) is 0 Å². The van der Waals surface area contributed by atoms with E-state index in [1.165, 1.54) is 11.1 Å². The van der Waals surface area contributed by atoms with Crippen molar-refractivity contribution in [1.29, 1.82) is 0 Å². The molecule has 0 spiro atoms. The van der Waals surface area contributed by atoms with E-state index < -0.39 is 0 Å². The highest BCUT2D eigenvalue weighted by Gasteiger charge is 2.18. The number of carbonyl (C=O) groups excluding carboxylic acids is 1. The van der Waals surface area contributed by atoms with E-state index in [9.17, 15) is 4.79 Å². The number of likely N-dealkylation sites (tertiary alicyclic amines) is 1. The van der Waals surface area contributed by atoms with Gasteiger partial charge in [0.05, 0.1) is 6.54 Å². The van der Waals surface area contributed by atoms with Crippen molar-refractivity contribution in [2.24, 2.45) is 4.99 Å². The summed E-state index contributed by atoms with van der Waals surface area (Å²) in [6, 6.07) is 8.45. The summed E-state index contributed by atoms with van der Waals surface area (Å²) in [7, 11) is 4.16. The van der Waals surface area contributed by atoms with Crippen LogP contribution in [0.4, 0.5) is 0 Å². The summed E-state index contributed by atoms with van der Waals surface area (Å²) in [5, 5.41) is 6.68. The fraction of sp³-hybridized carbons (Fsp3) is 0.600.